The molecule has 0 aliphatic carbocycles. The summed E-state index contributed by atoms with van der Waals surface area (Å²) in [6, 6.07) is 10.3. The highest BCUT2D eigenvalue weighted by molar-refractivity contribution is 6.30. The Hall–Kier alpha value is -2.07. The summed E-state index contributed by atoms with van der Waals surface area (Å²) in [4.78, 5) is 23.4. The second kappa shape index (κ2) is 5.71. The van der Waals surface area contributed by atoms with E-state index in [0.717, 1.165) is 11.3 Å². The molecule has 1 aromatic carbocycles. The molecule has 1 amide bonds. The molecule has 0 aliphatic rings. The molecule has 1 aromatic heterocycles. The Labute approximate surface area is 115 Å². The number of rotatable bonds is 3. The molecule has 0 spiro atoms. The lowest BCUT2D eigenvalue weighted by Gasteiger charge is -2.09. The molecule has 2 rings (SSSR count). The molecule has 0 saturated heterocycles. The number of benzene rings is 1. The first kappa shape index (κ1) is 13.4. The van der Waals surface area contributed by atoms with Gasteiger partial charge in [-0.3, -0.25) is 9.59 Å². The van der Waals surface area contributed by atoms with E-state index in [0.29, 0.717) is 5.02 Å². The number of hydrogen-bond donors (Lipinski definition) is 1. The number of carbonyl (C=O) groups excluding carboxylic acids is 1. The summed E-state index contributed by atoms with van der Waals surface area (Å²) in [6.07, 6.45) is 1.45. The van der Waals surface area contributed by atoms with Crippen LogP contribution in [0.4, 0.5) is 5.69 Å². The smallest absolute Gasteiger partial charge is 0.251 e. The summed E-state index contributed by atoms with van der Waals surface area (Å²) in [5, 5.41) is 3.18. The van der Waals surface area contributed by atoms with Crippen LogP contribution in [0.25, 0.3) is 0 Å². The van der Waals surface area contributed by atoms with Gasteiger partial charge < -0.3 is 9.88 Å². The molecule has 0 saturated carbocycles. The Balaban J connectivity index is 2.12. The van der Waals surface area contributed by atoms with E-state index in [9.17, 15) is 9.59 Å². The van der Waals surface area contributed by atoms with Gasteiger partial charge in [-0.25, -0.2) is 0 Å². The predicted molar refractivity (Wildman–Crippen MR) is 75.5 cm³/mol. The number of aromatic nitrogens is 1. The van der Waals surface area contributed by atoms with E-state index in [-0.39, 0.29) is 18.0 Å². The van der Waals surface area contributed by atoms with E-state index in [1.807, 2.05) is 31.2 Å². The average Bonchev–Trinajstić information content (AvgIpc) is 2.37. The van der Waals surface area contributed by atoms with Gasteiger partial charge >= 0.3 is 0 Å². The number of nitrogens with zero attached hydrogens (tertiary/aromatic N) is 1. The highest BCUT2D eigenvalue weighted by Gasteiger charge is 2.06. The standard InChI is InChI=1S/C14H13ClN2O2/c1-10-4-2-3-5-12(10)16-13(18)9-17-8-11(15)6-7-14(17)19/h2-8H,9H2,1H3,(H,16,18). The number of halogens is 1. The molecule has 0 radical (unpaired) electrons. The zero-order valence-electron chi connectivity index (χ0n) is 10.4. The highest BCUT2D eigenvalue weighted by Crippen LogP contribution is 2.13. The number of nitrogens with one attached hydrogen (secondary N) is 1. The van der Waals surface area contributed by atoms with Crippen LogP contribution in [0.15, 0.2) is 47.4 Å². The van der Waals surface area contributed by atoms with Crippen LogP contribution in [0, 0.1) is 6.92 Å². The van der Waals surface area contributed by atoms with Crippen LogP contribution in [-0.2, 0) is 11.3 Å². The van der Waals surface area contributed by atoms with Crippen molar-refractivity contribution in [1.82, 2.24) is 4.57 Å². The molecule has 2 aromatic rings. The lowest BCUT2D eigenvalue weighted by atomic mass is 10.2. The van der Waals surface area contributed by atoms with Gasteiger partial charge in [0.05, 0.1) is 5.02 Å². The number of para-hydroxylation sites is 1. The molecular formula is C14H13ClN2O2. The van der Waals surface area contributed by atoms with Gasteiger partial charge in [-0.1, -0.05) is 29.8 Å². The maximum absolute atomic E-state index is 11.9. The van der Waals surface area contributed by atoms with Crippen molar-refractivity contribution in [1.29, 1.82) is 0 Å². The number of amides is 1. The number of carbonyl (C=O) groups is 1. The van der Waals surface area contributed by atoms with Crippen molar-refractivity contribution in [2.45, 2.75) is 13.5 Å². The van der Waals surface area contributed by atoms with Crippen LogP contribution in [-0.4, -0.2) is 10.5 Å². The van der Waals surface area contributed by atoms with Gasteiger partial charge in [0.25, 0.3) is 5.56 Å². The first-order valence-electron chi connectivity index (χ1n) is 5.78. The first-order chi connectivity index (χ1) is 9.06. The fourth-order valence-electron chi connectivity index (χ4n) is 1.68. The van der Waals surface area contributed by atoms with Gasteiger partial charge in [0.15, 0.2) is 0 Å². The zero-order valence-corrected chi connectivity index (χ0v) is 11.1. The average molecular weight is 277 g/mol. The molecule has 0 bridgehead atoms. The maximum Gasteiger partial charge on any atom is 0.251 e. The summed E-state index contributed by atoms with van der Waals surface area (Å²) in [5.41, 5.74) is 1.45. The summed E-state index contributed by atoms with van der Waals surface area (Å²) in [6.45, 7) is 1.84. The summed E-state index contributed by atoms with van der Waals surface area (Å²) in [7, 11) is 0. The lowest BCUT2D eigenvalue weighted by molar-refractivity contribution is -0.116. The number of aryl methyl sites for hydroxylation is 1. The zero-order chi connectivity index (χ0) is 13.8. The number of hydrogen-bond acceptors (Lipinski definition) is 2. The molecule has 19 heavy (non-hydrogen) atoms. The van der Waals surface area contributed by atoms with E-state index < -0.39 is 0 Å². The summed E-state index contributed by atoms with van der Waals surface area (Å²) < 4.78 is 1.27. The Morgan fingerprint density at radius 2 is 2.00 bits per heavy atom. The quantitative estimate of drug-likeness (QED) is 0.936. The maximum atomic E-state index is 11.9. The lowest BCUT2D eigenvalue weighted by Crippen LogP contribution is -2.26. The third-order valence-corrected chi connectivity index (χ3v) is 2.90. The van der Waals surface area contributed by atoms with E-state index in [1.165, 1.54) is 22.9 Å². The third kappa shape index (κ3) is 3.45. The van der Waals surface area contributed by atoms with Gasteiger partial charge in [0, 0.05) is 18.0 Å². The molecule has 5 heteroatoms. The SMILES string of the molecule is Cc1ccccc1NC(=O)Cn1cc(Cl)ccc1=O. The minimum Gasteiger partial charge on any atom is -0.324 e. The van der Waals surface area contributed by atoms with Crippen LogP contribution in [0.1, 0.15) is 5.56 Å². The van der Waals surface area contributed by atoms with Crippen molar-refractivity contribution in [3.8, 4) is 0 Å². The summed E-state index contributed by atoms with van der Waals surface area (Å²) >= 11 is 5.79. The number of pyridine rings is 1. The molecule has 0 atom stereocenters. The molecule has 0 fully saturated rings. The summed E-state index contributed by atoms with van der Waals surface area (Å²) in [5.74, 6) is -0.265. The topological polar surface area (TPSA) is 51.1 Å². The Bertz CT molecular complexity index is 664. The Kier molecular flexibility index (Phi) is 4.02. The van der Waals surface area contributed by atoms with Gasteiger partial charge in [0.1, 0.15) is 6.54 Å². The van der Waals surface area contributed by atoms with Crippen molar-refractivity contribution in [2.75, 3.05) is 5.32 Å². The number of anilines is 1. The molecule has 4 nitrogen and oxygen atoms in total. The van der Waals surface area contributed by atoms with Crippen molar-refractivity contribution in [3.63, 3.8) is 0 Å². The Morgan fingerprint density at radius 3 is 2.74 bits per heavy atom. The van der Waals surface area contributed by atoms with Crippen LogP contribution < -0.4 is 10.9 Å². The molecule has 0 aliphatic heterocycles. The van der Waals surface area contributed by atoms with Crippen LogP contribution in [0.3, 0.4) is 0 Å². The van der Waals surface area contributed by atoms with Crippen LogP contribution in [0.5, 0.6) is 0 Å². The van der Waals surface area contributed by atoms with Crippen molar-refractivity contribution < 1.29 is 4.79 Å². The fraction of sp³-hybridized carbons (Fsp3) is 0.143. The minimum absolute atomic E-state index is 0.0618. The Morgan fingerprint density at radius 1 is 1.26 bits per heavy atom. The fourth-order valence-corrected chi connectivity index (χ4v) is 1.86. The van der Waals surface area contributed by atoms with Crippen LogP contribution >= 0.6 is 11.6 Å². The second-order valence-electron chi connectivity index (χ2n) is 4.18. The van der Waals surface area contributed by atoms with Gasteiger partial charge in [-0.15, -0.1) is 0 Å². The largest absolute Gasteiger partial charge is 0.324 e. The second-order valence-corrected chi connectivity index (χ2v) is 4.61. The predicted octanol–water partition coefficient (Wildman–Crippen LogP) is 2.45. The molecule has 1 heterocycles. The van der Waals surface area contributed by atoms with Gasteiger partial charge in [-0.05, 0) is 24.6 Å². The van der Waals surface area contributed by atoms with Crippen molar-refractivity contribution >= 4 is 23.2 Å². The highest BCUT2D eigenvalue weighted by atomic mass is 35.5. The van der Waals surface area contributed by atoms with E-state index >= 15 is 0 Å². The van der Waals surface area contributed by atoms with Crippen molar-refractivity contribution in [3.05, 3.63) is 63.5 Å². The van der Waals surface area contributed by atoms with Gasteiger partial charge in [-0.2, -0.15) is 0 Å². The molecule has 0 unspecified atom stereocenters. The minimum atomic E-state index is -0.265. The monoisotopic (exact) mass is 276 g/mol. The van der Waals surface area contributed by atoms with E-state index in [2.05, 4.69) is 5.32 Å². The van der Waals surface area contributed by atoms with Crippen molar-refractivity contribution in [2.24, 2.45) is 0 Å². The molecule has 98 valence electrons. The molecular weight excluding hydrogens is 264 g/mol. The van der Waals surface area contributed by atoms with E-state index in [4.69, 9.17) is 11.6 Å². The van der Waals surface area contributed by atoms with E-state index in [1.54, 1.807) is 0 Å². The van der Waals surface area contributed by atoms with Crippen LogP contribution in [0.2, 0.25) is 5.02 Å². The molecule has 1 N–H and O–H groups in total. The normalized spacial score (nSPS) is 10.2. The van der Waals surface area contributed by atoms with Gasteiger partial charge in [0.2, 0.25) is 5.91 Å². The first-order valence-corrected chi connectivity index (χ1v) is 6.15. The third-order valence-electron chi connectivity index (χ3n) is 2.68.